The summed E-state index contributed by atoms with van der Waals surface area (Å²) in [5.41, 5.74) is 0. The Morgan fingerprint density at radius 2 is 1.00 bits per heavy atom. The molecule has 0 aromatic carbocycles. The Balaban J connectivity index is -0.0000000160. The van der Waals surface area contributed by atoms with E-state index in [0.29, 0.717) is 0 Å². The maximum atomic E-state index is 8.57. The molecular formula is H6Al2CaO5. The minimum atomic E-state index is -1.50. The summed E-state index contributed by atoms with van der Waals surface area (Å²) in [7, 11) is 0. The van der Waals surface area contributed by atoms with Crippen LogP contribution in [0.1, 0.15) is 0 Å². The van der Waals surface area contributed by atoms with Crippen molar-refractivity contribution in [3.63, 3.8) is 0 Å². The van der Waals surface area contributed by atoms with Crippen LogP contribution in [-0.2, 0) is 7.61 Å². The number of hydrogen-bond acceptors (Lipinski definition) is 2. The Bertz CT molecular complexity index is 31.4. The molecule has 0 heterocycles. The van der Waals surface area contributed by atoms with E-state index in [2.05, 4.69) is 0 Å². The summed E-state index contributed by atoms with van der Waals surface area (Å²) in [4.78, 5) is 0. The van der Waals surface area contributed by atoms with Crippen molar-refractivity contribution in [2.45, 2.75) is 0 Å². The van der Waals surface area contributed by atoms with Gasteiger partial charge in [-0.25, -0.2) is 0 Å². The summed E-state index contributed by atoms with van der Waals surface area (Å²) in [6, 6.07) is 0. The van der Waals surface area contributed by atoms with E-state index in [4.69, 9.17) is 15.9 Å². The summed E-state index contributed by atoms with van der Waals surface area (Å²) in [6.07, 6.45) is 0. The first kappa shape index (κ1) is 22.7. The zero-order chi connectivity index (χ0) is 5.41. The van der Waals surface area contributed by atoms with Gasteiger partial charge < -0.3 is 5.48 Å². The first-order valence-electron chi connectivity index (χ1n) is 0.988. The van der Waals surface area contributed by atoms with Gasteiger partial charge >= 0.3 is 84.6 Å². The number of rotatable bonds is 0. The van der Waals surface area contributed by atoms with Gasteiger partial charge in [-0.3, -0.25) is 0 Å². The molecule has 0 aliphatic carbocycles. The standard InChI is InChI=1S/2Al.Ca.3H2O.2O.2H/h;;;3*1H2;;;;/q2*+1;;;;;;;;/p-2. The van der Waals surface area contributed by atoms with Gasteiger partial charge in [-0.15, -0.1) is 0 Å². The Morgan fingerprint density at radius 3 is 1.00 bits per heavy atom. The SMILES string of the molecule is O.[CaH2].[O]=[Al][OH].[O]=[Al][OH]. The van der Waals surface area contributed by atoms with Gasteiger partial charge in [0.25, 0.3) is 0 Å². The summed E-state index contributed by atoms with van der Waals surface area (Å²) < 4.78 is 31.3. The topological polar surface area (TPSA) is 106 Å². The van der Waals surface area contributed by atoms with E-state index in [9.17, 15) is 0 Å². The second kappa shape index (κ2) is 39.1. The Morgan fingerprint density at radius 1 is 1.00 bits per heavy atom. The molecule has 0 aromatic heterocycles. The third-order valence-electron chi connectivity index (χ3n) is 0. The maximum absolute atomic E-state index is 8.57. The van der Waals surface area contributed by atoms with E-state index in [-0.39, 0.29) is 43.2 Å². The molecule has 4 N–H and O–H groups in total. The Hall–Kier alpha value is 1.48. The average Bonchev–Trinajstić information content (AvgIpc) is 1.39. The first-order valence-corrected chi connectivity index (χ1v) is 2.96. The number of hydrogen-bond donors (Lipinski definition) is 2. The average molecular weight is 180 g/mol. The molecule has 0 spiro atoms. The monoisotopic (exact) mass is 180 g/mol. The predicted molar refractivity (Wildman–Crippen MR) is 29.5 cm³/mol. The van der Waals surface area contributed by atoms with Crippen molar-refractivity contribution in [2.24, 2.45) is 0 Å². The molecule has 0 aromatic rings. The van der Waals surface area contributed by atoms with E-state index in [1.165, 1.54) is 0 Å². The molecule has 0 rings (SSSR count). The van der Waals surface area contributed by atoms with Gasteiger partial charge in [0.05, 0.1) is 0 Å². The fourth-order valence-electron chi connectivity index (χ4n) is 0. The van der Waals surface area contributed by atoms with Crippen molar-refractivity contribution in [1.82, 2.24) is 0 Å². The molecule has 8 heavy (non-hydrogen) atoms. The van der Waals surface area contributed by atoms with Gasteiger partial charge in [0, 0.05) is 0 Å². The molecule has 0 aliphatic rings. The van der Waals surface area contributed by atoms with Crippen molar-refractivity contribution >= 4 is 68.7 Å². The van der Waals surface area contributed by atoms with E-state index < -0.39 is 31.0 Å². The van der Waals surface area contributed by atoms with E-state index >= 15 is 0 Å². The molecule has 0 bridgehead atoms. The second-order valence-corrected chi connectivity index (χ2v) is 0.632. The van der Waals surface area contributed by atoms with Crippen LogP contribution in [0.25, 0.3) is 0 Å². The van der Waals surface area contributed by atoms with Crippen LogP contribution in [0.3, 0.4) is 0 Å². The van der Waals surface area contributed by atoms with Gasteiger partial charge in [-0.05, 0) is 0 Å². The fourth-order valence-corrected chi connectivity index (χ4v) is 0. The van der Waals surface area contributed by atoms with Crippen LogP contribution < -0.4 is 0 Å². The summed E-state index contributed by atoms with van der Waals surface area (Å²) >= 11 is -3.00. The van der Waals surface area contributed by atoms with Gasteiger partial charge in [0.1, 0.15) is 0 Å². The summed E-state index contributed by atoms with van der Waals surface area (Å²) in [6.45, 7) is 0. The molecule has 44 valence electrons. The molecule has 5 nitrogen and oxygen atoms in total. The predicted octanol–water partition coefficient (Wildman–Crippen LogP) is -3.85. The van der Waals surface area contributed by atoms with Crippen molar-refractivity contribution in [2.75, 3.05) is 0 Å². The molecular weight excluding hydrogens is 174 g/mol. The van der Waals surface area contributed by atoms with Crippen LogP contribution >= 0.6 is 0 Å². The Kier molecular flexibility index (Phi) is 111. The Labute approximate surface area is 88.9 Å². The molecule has 0 atom stereocenters. The van der Waals surface area contributed by atoms with E-state index in [0.717, 1.165) is 0 Å². The van der Waals surface area contributed by atoms with Crippen molar-refractivity contribution in [3.05, 3.63) is 0 Å². The van der Waals surface area contributed by atoms with Crippen molar-refractivity contribution in [1.29, 1.82) is 0 Å². The molecule has 0 fully saturated rings. The quantitative estimate of drug-likeness (QED) is 0.372. The van der Waals surface area contributed by atoms with Crippen LogP contribution in [0, 0.1) is 0 Å². The zero-order valence-electron chi connectivity index (χ0n) is 3.37. The van der Waals surface area contributed by atoms with Crippen molar-refractivity contribution in [3.8, 4) is 0 Å². The summed E-state index contributed by atoms with van der Waals surface area (Å²) in [5.74, 6) is 0. The molecule has 0 radical (unpaired) electrons. The minimum absolute atomic E-state index is 0. The third-order valence-corrected chi connectivity index (χ3v) is 0. The molecule has 0 aliphatic heterocycles. The molecule has 0 amide bonds. The van der Waals surface area contributed by atoms with E-state index in [1.54, 1.807) is 0 Å². The van der Waals surface area contributed by atoms with Crippen LogP contribution in [0.5, 0.6) is 0 Å². The summed E-state index contributed by atoms with van der Waals surface area (Å²) in [5, 5.41) is 0. The van der Waals surface area contributed by atoms with Gasteiger partial charge in [-0.2, -0.15) is 0 Å². The normalized spacial score (nSPS) is 2.00. The first-order chi connectivity index (χ1) is 2.83. The molecule has 0 unspecified atom stereocenters. The zero-order valence-corrected chi connectivity index (χ0v) is 5.68. The van der Waals surface area contributed by atoms with E-state index in [1.807, 2.05) is 0 Å². The van der Waals surface area contributed by atoms with Gasteiger partial charge in [0.15, 0.2) is 0 Å². The van der Waals surface area contributed by atoms with Gasteiger partial charge in [0.2, 0.25) is 0 Å². The van der Waals surface area contributed by atoms with Crippen molar-refractivity contribution < 1.29 is 21.4 Å². The fraction of sp³-hybridized carbons (Fsp3) is 0. The van der Waals surface area contributed by atoms with Crippen LogP contribution in [-0.4, -0.2) is 82.5 Å². The van der Waals surface area contributed by atoms with Crippen LogP contribution in [0.4, 0.5) is 0 Å². The molecule has 8 heteroatoms. The second-order valence-electron chi connectivity index (χ2n) is 0.211. The third kappa shape index (κ3) is 143. The molecule has 0 saturated carbocycles. The molecule has 0 saturated heterocycles. The van der Waals surface area contributed by atoms with Gasteiger partial charge in [-0.1, -0.05) is 0 Å². The van der Waals surface area contributed by atoms with Crippen LogP contribution in [0.15, 0.2) is 0 Å². The van der Waals surface area contributed by atoms with Crippen LogP contribution in [0.2, 0.25) is 0 Å².